The minimum Gasteiger partial charge on any atom is -0.756 e. The smallest absolute Gasteiger partial charge is 0.268 e. The van der Waals surface area contributed by atoms with E-state index in [1.54, 1.807) is 6.08 Å². The van der Waals surface area contributed by atoms with Crippen molar-refractivity contribution < 1.29 is 32.9 Å². The largest absolute Gasteiger partial charge is 0.756 e. The Kier molecular flexibility index (Phi) is 45.2. The Labute approximate surface area is 406 Å². The molecule has 0 heterocycles. The molecule has 0 aromatic carbocycles. The average molecular weight is 939 g/mol. The third-order valence-corrected chi connectivity index (χ3v) is 11.9. The van der Waals surface area contributed by atoms with Gasteiger partial charge < -0.3 is 28.8 Å². The molecule has 0 fully saturated rings. The molecular weight excluding hydrogens is 840 g/mol. The van der Waals surface area contributed by atoms with E-state index in [9.17, 15) is 19.4 Å². The molecule has 0 aliphatic heterocycles. The Bertz CT molecular complexity index is 1440. The molecule has 0 spiro atoms. The number of hydrogen-bond donors (Lipinski definition) is 2. The van der Waals surface area contributed by atoms with Gasteiger partial charge in [-0.25, -0.2) is 0 Å². The second-order valence-corrected chi connectivity index (χ2v) is 19.9. The number of aliphatic hydroxyl groups is 1. The summed E-state index contributed by atoms with van der Waals surface area (Å²) < 4.78 is 23.1. The van der Waals surface area contributed by atoms with E-state index in [2.05, 4.69) is 116 Å². The number of carbonyl (C=O) groups excluding carboxylic acids is 1. The van der Waals surface area contributed by atoms with Gasteiger partial charge in [-0.2, -0.15) is 0 Å². The standard InChI is InChI=1S/C57H99N2O6P/c1-6-8-10-12-14-15-16-17-18-19-20-21-22-23-24-25-26-27-28-29-30-31-32-33-34-35-36-37-38-39-40-41-42-43-45-47-49-51-57(61)58-55(56(60)50-48-46-44-13-11-9-7-2)54-65-66(62,63)64-53-52-59(3,4)5/h8,10-11,13-15,17-18,20-21,23-24,26-27,29-30,48,50,55-56,60H,6-7,9,12,16,19,22,25,28,31-47,49,51-54H2,1-5H3,(H-,58,61,62,63)/b10-8-,13-11+,15-14-,18-17-,21-20-,24-23-,27-26-,30-29-,50-48+. The number of unbranched alkanes of at least 4 members (excludes halogenated alkanes) is 17. The number of likely N-dealkylation sites (N-methyl/N-ethyl adjacent to an activating group) is 1. The molecule has 0 saturated heterocycles. The second-order valence-electron chi connectivity index (χ2n) is 18.5. The summed E-state index contributed by atoms with van der Waals surface area (Å²) in [6.07, 6.45) is 69.2. The van der Waals surface area contributed by atoms with Crippen molar-refractivity contribution in [1.29, 1.82) is 0 Å². The third-order valence-electron chi connectivity index (χ3n) is 10.9. The van der Waals surface area contributed by atoms with Crippen LogP contribution in [0, 0.1) is 0 Å². The van der Waals surface area contributed by atoms with E-state index < -0.39 is 26.6 Å². The summed E-state index contributed by atoms with van der Waals surface area (Å²) >= 11 is 0. The SMILES string of the molecule is CC/C=C\C/C=C\C/C=C\C/C=C\C/C=C\C/C=C\C/C=C\CCCCCCCCCCCCCCCCCC(=O)NC(COP(=O)([O-])OCC[N+](C)(C)C)C(O)/C=C/CC/C=C/CCC. The molecule has 66 heavy (non-hydrogen) atoms. The average Bonchev–Trinajstić information content (AvgIpc) is 3.28. The molecule has 9 heteroatoms. The maximum atomic E-state index is 12.8. The van der Waals surface area contributed by atoms with E-state index in [0.717, 1.165) is 89.9 Å². The monoisotopic (exact) mass is 939 g/mol. The van der Waals surface area contributed by atoms with Crippen molar-refractivity contribution in [3.05, 3.63) is 109 Å². The maximum Gasteiger partial charge on any atom is 0.268 e. The highest BCUT2D eigenvalue weighted by Gasteiger charge is 2.23. The number of phosphoric ester groups is 1. The van der Waals surface area contributed by atoms with Crippen LogP contribution in [0.5, 0.6) is 0 Å². The van der Waals surface area contributed by atoms with Crippen molar-refractivity contribution in [2.45, 2.75) is 206 Å². The molecule has 8 nitrogen and oxygen atoms in total. The minimum absolute atomic E-state index is 0.0110. The van der Waals surface area contributed by atoms with Crippen molar-refractivity contribution in [1.82, 2.24) is 5.32 Å². The van der Waals surface area contributed by atoms with E-state index >= 15 is 0 Å². The van der Waals surface area contributed by atoms with Crippen LogP contribution in [0.15, 0.2) is 109 Å². The number of quaternary nitrogens is 1. The summed E-state index contributed by atoms with van der Waals surface area (Å²) in [5.41, 5.74) is 0. The van der Waals surface area contributed by atoms with Crippen LogP contribution in [0.4, 0.5) is 0 Å². The summed E-state index contributed by atoms with van der Waals surface area (Å²) in [4.78, 5) is 25.2. The zero-order valence-corrected chi connectivity index (χ0v) is 43.7. The fourth-order valence-corrected chi connectivity index (χ4v) is 7.58. The minimum atomic E-state index is -4.59. The fraction of sp³-hybridized carbons (Fsp3) is 0.667. The second kappa shape index (κ2) is 47.2. The first-order valence-electron chi connectivity index (χ1n) is 26.2. The number of nitrogens with zero attached hydrogens (tertiary/aromatic N) is 1. The van der Waals surface area contributed by atoms with Crippen molar-refractivity contribution in [3.63, 3.8) is 0 Å². The Hall–Kier alpha value is -2.84. The summed E-state index contributed by atoms with van der Waals surface area (Å²) in [6.45, 7) is 4.38. The van der Waals surface area contributed by atoms with Crippen LogP contribution in [-0.4, -0.2) is 68.5 Å². The van der Waals surface area contributed by atoms with Crippen molar-refractivity contribution >= 4 is 13.7 Å². The Morgan fingerprint density at radius 2 is 0.939 bits per heavy atom. The number of carbonyl (C=O) groups is 1. The van der Waals surface area contributed by atoms with E-state index in [-0.39, 0.29) is 12.5 Å². The number of amides is 1. The van der Waals surface area contributed by atoms with Gasteiger partial charge in [0, 0.05) is 6.42 Å². The predicted octanol–water partition coefficient (Wildman–Crippen LogP) is 15.0. The molecule has 3 unspecified atom stereocenters. The van der Waals surface area contributed by atoms with Gasteiger partial charge in [-0.15, -0.1) is 0 Å². The lowest BCUT2D eigenvalue weighted by molar-refractivity contribution is -0.870. The number of rotatable bonds is 46. The fourth-order valence-electron chi connectivity index (χ4n) is 6.86. The van der Waals surface area contributed by atoms with E-state index in [0.29, 0.717) is 17.4 Å². The lowest BCUT2D eigenvalue weighted by Gasteiger charge is -2.29. The van der Waals surface area contributed by atoms with Gasteiger partial charge in [-0.3, -0.25) is 9.36 Å². The first-order valence-corrected chi connectivity index (χ1v) is 27.7. The predicted molar refractivity (Wildman–Crippen MR) is 283 cm³/mol. The molecule has 0 radical (unpaired) electrons. The van der Waals surface area contributed by atoms with Gasteiger partial charge in [0.25, 0.3) is 7.82 Å². The molecule has 0 aromatic rings. The molecule has 378 valence electrons. The Morgan fingerprint density at radius 3 is 1.39 bits per heavy atom. The summed E-state index contributed by atoms with van der Waals surface area (Å²) in [5, 5.41) is 13.6. The number of phosphoric acid groups is 1. The maximum absolute atomic E-state index is 12.8. The van der Waals surface area contributed by atoms with Crippen LogP contribution >= 0.6 is 7.82 Å². The molecule has 0 aliphatic rings. The lowest BCUT2D eigenvalue weighted by Crippen LogP contribution is -2.45. The topological polar surface area (TPSA) is 108 Å². The van der Waals surface area contributed by atoms with Gasteiger partial charge in [0.05, 0.1) is 39.9 Å². The third kappa shape index (κ3) is 49.1. The first kappa shape index (κ1) is 63.2. The molecule has 0 rings (SSSR count). The number of aliphatic hydroxyl groups excluding tert-OH is 1. The van der Waals surface area contributed by atoms with Crippen molar-refractivity contribution in [2.75, 3.05) is 40.9 Å². The van der Waals surface area contributed by atoms with Crippen LogP contribution in [-0.2, 0) is 18.4 Å². The quantitative estimate of drug-likeness (QED) is 0.0272. The van der Waals surface area contributed by atoms with Crippen molar-refractivity contribution in [2.24, 2.45) is 0 Å². The first-order chi connectivity index (χ1) is 32.0. The van der Waals surface area contributed by atoms with Crippen LogP contribution in [0.3, 0.4) is 0 Å². The van der Waals surface area contributed by atoms with Crippen LogP contribution in [0.2, 0.25) is 0 Å². The zero-order chi connectivity index (χ0) is 48.5. The molecule has 0 aliphatic carbocycles. The molecule has 1 amide bonds. The Morgan fingerprint density at radius 1 is 0.545 bits per heavy atom. The summed E-state index contributed by atoms with van der Waals surface area (Å²) in [5.74, 6) is -0.217. The van der Waals surface area contributed by atoms with E-state index in [1.165, 1.54) is 83.5 Å². The number of nitrogens with one attached hydrogen (secondary N) is 1. The molecule has 0 saturated carbocycles. The van der Waals surface area contributed by atoms with Crippen LogP contribution in [0.25, 0.3) is 0 Å². The molecule has 3 atom stereocenters. The summed E-state index contributed by atoms with van der Waals surface area (Å²) in [6, 6.07) is -0.905. The van der Waals surface area contributed by atoms with Gasteiger partial charge in [-0.05, 0) is 83.5 Å². The highest BCUT2D eigenvalue weighted by Crippen LogP contribution is 2.38. The lowest BCUT2D eigenvalue weighted by atomic mass is 10.0. The van der Waals surface area contributed by atoms with E-state index in [1.807, 2.05) is 27.2 Å². The van der Waals surface area contributed by atoms with Gasteiger partial charge in [0.1, 0.15) is 13.2 Å². The number of hydrogen-bond acceptors (Lipinski definition) is 6. The number of allylic oxidation sites excluding steroid dienone is 17. The van der Waals surface area contributed by atoms with Gasteiger partial charge in [0.15, 0.2) is 0 Å². The molecule has 0 aromatic heterocycles. The van der Waals surface area contributed by atoms with Gasteiger partial charge >= 0.3 is 0 Å². The molecule has 0 bridgehead atoms. The highest BCUT2D eigenvalue weighted by atomic mass is 31.2. The van der Waals surface area contributed by atoms with Gasteiger partial charge in [0.2, 0.25) is 5.91 Å². The highest BCUT2D eigenvalue weighted by molar-refractivity contribution is 7.45. The Balaban J connectivity index is 3.92. The molecule has 2 N–H and O–H groups in total. The molecular formula is C57H99N2O6P. The summed E-state index contributed by atoms with van der Waals surface area (Å²) in [7, 11) is 1.23. The zero-order valence-electron chi connectivity index (χ0n) is 42.9. The van der Waals surface area contributed by atoms with Gasteiger partial charge in [-0.1, -0.05) is 213 Å². The van der Waals surface area contributed by atoms with Crippen LogP contribution < -0.4 is 10.2 Å². The van der Waals surface area contributed by atoms with Crippen LogP contribution in [0.1, 0.15) is 194 Å². The van der Waals surface area contributed by atoms with E-state index in [4.69, 9.17) is 9.05 Å². The van der Waals surface area contributed by atoms with Crippen molar-refractivity contribution in [3.8, 4) is 0 Å². The normalized spacial score (nSPS) is 15.0.